The summed E-state index contributed by atoms with van der Waals surface area (Å²) in [6.45, 7) is 3.86. The van der Waals surface area contributed by atoms with Crippen LogP contribution in [0.3, 0.4) is 0 Å². The van der Waals surface area contributed by atoms with Crippen LogP contribution in [-0.2, 0) is 5.54 Å². The lowest BCUT2D eigenvalue weighted by Crippen LogP contribution is -2.29. The lowest BCUT2D eigenvalue weighted by molar-refractivity contribution is 0.394. The van der Waals surface area contributed by atoms with Crippen LogP contribution in [0.4, 0.5) is 0 Å². The molecule has 1 rings (SSSR count). The maximum atomic E-state index is 5.96. The summed E-state index contributed by atoms with van der Waals surface area (Å²) in [4.78, 5) is 0. The fourth-order valence-corrected chi connectivity index (χ4v) is 1.36. The number of rotatable bonds is 2. The molecule has 0 bridgehead atoms. The van der Waals surface area contributed by atoms with E-state index in [2.05, 4.69) is 0 Å². The Bertz CT molecular complexity index is 304. The highest BCUT2D eigenvalue weighted by Gasteiger charge is 2.18. The molecule has 72 valence electrons. The van der Waals surface area contributed by atoms with Crippen LogP contribution in [0.15, 0.2) is 18.2 Å². The molecule has 2 nitrogen and oxygen atoms in total. The Morgan fingerprint density at radius 1 is 1.38 bits per heavy atom. The fraction of sp³-hybridized carbons (Fsp3) is 0.400. The molecule has 0 fully saturated rings. The van der Waals surface area contributed by atoms with E-state index >= 15 is 0 Å². The molecule has 0 aromatic heterocycles. The topological polar surface area (TPSA) is 35.2 Å². The van der Waals surface area contributed by atoms with Crippen LogP contribution < -0.4 is 10.5 Å². The Morgan fingerprint density at radius 2 is 2.00 bits per heavy atom. The average Bonchev–Trinajstić information content (AvgIpc) is 2.01. The van der Waals surface area contributed by atoms with E-state index in [4.69, 9.17) is 22.1 Å². The van der Waals surface area contributed by atoms with Crippen LogP contribution in [0.1, 0.15) is 19.4 Å². The van der Waals surface area contributed by atoms with Crippen molar-refractivity contribution in [3.63, 3.8) is 0 Å². The smallest absolute Gasteiger partial charge is 0.125 e. The normalized spacial score (nSPS) is 11.5. The third-order valence-electron chi connectivity index (χ3n) is 1.86. The molecule has 0 saturated carbocycles. The van der Waals surface area contributed by atoms with Gasteiger partial charge in [-0.15, -0.1) is 0 Å². The van der Waals surface area contributed by atoms with Crippen molar-refractivity contribution >= 4 is 11.6 Å². The van der Waals surface area contributed by atoms with Gasteiger partial charge in [0, 0.05) is 16.1 Å². The van der Waals surface area contributed by atoms with Crippen molar-refractivity contribution in [3.05, 3.63) is 28.8 Å². The van der Waals surface area contributed by atoms with E-state index in [1.807, 2.05) is 26.0 Å². The molecule has 0 radical (unpaired) electrons. The molecule has 0 aliphatic carbocycles. The highest BCUT2D eigenvalue weighted by Crippen LogP contribution is 2.30. The van der Waals surface area contributed by atoms with Gasteiger partial charge in [0.2, 0.25) is 0 Å². The van der Waals surface area contributed by atoms with E-state index in [9.17, 15) is 0 Å². The molecule has 0 amide bonds. The Balaban J connectivity index is 3.22. The summed E-state index contributed by atoms with van der Waals surface area (Å²) >= 11 is 5.82. The second-order valence-electron chi connectivity index (χ2n) is 3.57. The third kappa shape index (κ3) is 2.36. The van der Waals surface area contributed by atoms with Gasteiger partial charge in [-0.3, -0.25) is 0 Å². The SMILES string of the molecule is COc1cc(Cl)ccc1C(C)(C)N. The molecule has 1 aromatic rings. The third-order valence-corrected chi connectivity index (χ3v) is 2.09. The summed E-state index contributed by atoms with van der Waals surface area (Å²) in [6.07, 6.45) is 0. The molecule has 2 N–H and O–H groups in total. The Morgan fingerprint density at radius 3 is 2.46 bits per heavy atom. The number of ether oxygens (including phenoxy) is 1. The van der Waals surface area contributed by atoms with E-state index in [0.717, 1.165) is 11.3 Å². The number of methoxy groups -OCH3 is 1. The lowest BCUT2D eigenvalue weighted by atomic mass is 9.95. The van der Waals surface area contributed by atoms with Crippen molar-refractivity contribution in [1.82, 2.24) is 0 Å². The van der Waals surface area contributed by atoms with E-state index in [-0.39, 0.29) is 0 Å². The van der Waals surface area contributed by atoms with Gasteiger partial charge in [-0.1, -0.05) is 17.7 Å². The standard InChI is InChI=1S/C10H14ClNO/c1-10(2,12)8-5-4-7(11)6-9(8)13-3/h4-6H,12H2,1-3H3. The van der Waals surface area contributed by atoms with Gasteiger partial charge in [0.25, 0.3) is 0 Å². The van der Waals surface area contributed by atoms with Crippen LogP contribution in [0, 0.1) is 0 Å². The predicted octanol–water partition coefficient (Wildman–Crippen LogP) is 2.54. The monoisotopic (exact) mass is 199 g/mol. The molecule has 0 heterocycles. The predicted molar refractivity (Wildman–Crippen MR) is 55.2 cm³/mol. The van der Waals surface area contributed by atoms with Gasteiger partial charge in [-0.25, -0.2) is 0 Å². The van der Waals surface area contributed by atoms with E-state index in [1.54, 1.807) is 13.2 Å². The molecule has 0 spiro atoms. The molecule has 0 unspecified atom stereocenters. The minimum Gasteiger partial charge on any atom is -0.496 e. The first-order valence-corrected chi connectivity index (χ1v) is 4.46. The van der Waals surface area contributed by atoms with Gasteiger partial charge in [-0.05, 0) is 26.0 Å². The van der Waals surface area contributed by atoms with Crippen LogP contribution >= 0.6 is 11.6 Å². The number of benzene rings is 1. The highest BCUT2D eigenvalue weighted by molar-refractivity contribution is 6.30. The lowest BCUT2D eigenvalue weighted by Gasteiger charge is -2.21. The van der Waals surface area contributed by atoms with Crippen LogP contribution in [0.5, 0.6) is 5.75 Å². The van der Waals surface area contributed by atoms with Crippen LogP contribution in [0.25, 0.3) is 0 Å². The van der Waals surface area contributed by atoms with Crippen molar-refractivity contribution in [2.75, 3.05) is 7.11 Å². The first-order chi connectivity index (χ1) is 5.95. The number of nitrogens with two attached hydrogens (primary N) is 1. The van der Waals surface area contributed by atoms with E-state index in [0.29, 0.717) is 5.02 Å². The first-order valence-electron chi connectivity index (χ1n) is 4.08. The Hall–Kier alpha value is -0.730. The van der Waals surface area contributed by atoms with Crippen molar-refractivity contribution in [2.45, 2.75) is 19.4 Å². The quantitative estimate of drug-likeness (QED) is 0.795. The highest BCUT2D eigenvalue weighted by atomic mass is 35.5. The molecule has 0 aliphatic heterocycles. The van der Waals surface area contributed by atoms with Gasteiger partial charge < -0.3 is 10.5 Å². The average molecular weight is 200 g/mol. The zero-order valence-electron chi connectivity index (χ0n) is 8.10. The molecule has 0 saturated heterocycles. The summed E-state index contributed by atoms with van der Waals surface area (Å²) in [7, 11) is 1.61. The molecule has 0 aliphatic rings. The van der Waals surface area contributed by atoms with Crippen LogP contribution in [-0.4, -0.2) is 7.11 Å². The maximum Gasteiger partial charge on any atom is 0.125 e. The maximum absolute atomic E-state index is 5.96. The molecular weight excluding hydrogens is 186 g/mol. The summed E-state index contributed by atoms with van der Waals surface area (Å²) < 4.78 is 5.19. The van der Waals surface area contributed by atoms with Crippen LogP contribution in [0.2, 0.25) is 5.02 Å². The van der Waals surface area contributed by atoms with E-state index in [1.165, 1.54) is 0 Å². The Kier molecular flexibility index (Phi) is 2.84. The van der Waals surface area contributed by atoms with Gasteiger partial charge in [-0.2, -0.15) is 0 Å². The minimum absolute atomic E-state index is 0.407. The number of hydrogen-bond donors (Lipinski definition) is 1. The molecular formula is C10H14ClNO. The summed E-state index contributed by atoms with van der Waals surface area (Å²) in [5, 5.41) is 0.657. The van der Waals surface area contributed by atoms with Crippen molar-refractivity contribution in [1.29, 1.82) is 0 Å². The number of halogens is 1. The van der Waals surface area contributed by atoms with E-state index < -0.39 is 5.54 Å². The largest absolute Gasteiger partial charge is 0.496 e. The van der Waals surface area contributed by atoms with Crippen molar-refractivity contribution in [3.8, 4) is 5.75 Å². The summed E-state index contributed by atoms with van der Waals surface area (Å²) in [5.74, 6) is 0.736. The zero-order valence-corrected chi connectivity index (χ0v) is 8.85. The van der Waals surface area contributed by atoms with Gasteiger partial charge >= 0.3 is 0 Å². The Labute approximate surface area is 83.6 Å². The van der Waals surface area contributed by atoms with Crippen molar-refractivity contribution in [2.24, 2.45) is 5.73 Å². The second kappa shape index (κ2) is 3.56. The van der Waals surface area contributed by atoms with Gasteiger partial charge in [0.1, 0.15) is 5.75 Å². The van der Waals surface area contributed by atoms with Gasteiger partial charge in [0.15, 0.2) is 0 Å². The molecule has 1 aromatic carbocycles. The molecule has 13 heavy (non-hydrogen) atoms. The summed E-state index contributed by atoms with van der Waals surface area (Å²) in [5.41, 5.74) is 6.51. The van der Waals surface area contributed by atoms with Crippen molar-refractivity contribution < 1.29 is 4.74 Å². The molecule has 3 heteroatoms. The first kappa shape index (κ1) is 10.4. The number of hydrogen-bond acceptors (Lipinski definition) is 2. The zero-order chi connectivity index (χ0) is 10.1. The van der Waals surface area contributed by atoms with Gasteiger partial charge in [0.05, 0.1) is 7.11 Å². The summed E-state index contributed by atoms with van der Waals surface area (Å²) in [6, 6.07) is 5.47. The fourth-order valence-electron chi connectivity index (χ4n) is 1.20. The minimum atomic E-state index is -0.407. The molecule has 0 atom stereocenters. The second-order valence-corrected chi connectivity index (χ2v) is 4.00.